The van der Waals surface area contributed by atoms with Gasteiger partial charge in [0.15, 0.2) is 0 Å². The molecule has 1 heterocycles. The molecule has 0 saturated heterocycles. The van der Waals surface area contributed by atoms with Crippen LogP contribution in [0.2, 0.25) is 5.15 Å². The topological polar surface area (TPSA) is 43.8 Å². The Kier molecular flexibility index (Phi) is 4.24. The van der Waals surface area contributed by atoms with E-state index in [-0.39, 0.29) is 0 Å². The summed E-state index contributed by atoms with van der Waals surface area (Å²) in [5.74, 6) is 1.79. The molecule has 0 atom stereocenters. The van der Waals surface area contributed by atoms with E-state index in [1.165, 1.54) is 37.9 Å². The van der Waals surface area contributed by atoms with Gasteiger partial charge in [0.2, 0.25) is 0 Å². The third-order valence-corrected chi connectivity index (χ3v) is 3.70. The minimum Gasteiger partial charge on any atom is -0.330 e. The van der Waals surface area contributed by atoms with Crippen LogP contribution in [0.3, 0.4) is 0 Å². The smallest absolute Gasteiger partial charge is 0.128 e. The molecule has 1 aromatic heterocycles. The molecule has 1 aliphatic carbocycles. The van der Waals surface area contributed by atoms with Crippen LogP contribution in [0.1, 0.15) is 50.3 Å². The van der Waals surface area contributed by atoms with Crippen LogP contribution in [-0.2, 0) is 6.54 Å². The Bertz CT molecular complexity index is 329. The molecule has 1 fully saturated rings. The first kappa shape index (κ1) is 11.9. The van der Waals surface area contributed by atoms with Crippen molar-refractivity contribution >= 4 is 11.6 Å². The van der Waals surface area contributed by atoms with Crippen molar-refractivity contribution in [2.75, 3.05) is 6.54 Å². The van der Waals surface area contributed by atoms with E-state index in [0.717, 1.165) is 18.1 Å². The Morgan fingerprint density at radius 3 is 2.81 bits per heavy atom. The van der Waals surface area contributed by atoms with E-state index >= 15 is 0 Å². The van der Waals surface area contributed by atoms with Crippen molar-refractivity contribution in [2.45, 2.75) is 51.0 Å². The molecule has 4 heteroatoms. The highest BCUT2D eigenvalue weighted by Gasteiger charge is 2.21. The van der Waals surface area contributed by atoms with E-state index in [1.807, 2.05) is 0 Å². The molecule has 0 aliphatic heterocycles. The molecule has 3 nitrogen and oxygen atoms in total. The summed E-state index contributed by atoms with van der Waals surface area (Å²) in [5.41, 5.74) is 5.55. The average Bonchev–Trinajstić information content (AvgIpc) is 2.69. The summed E-state index contributed by atoms with van der Waals surface area (Å²) in [6, 6.07) is 0. The quantitative estimate of drug-likeness (QED) is 0.881. The van der Waals surface area contributed by atoms with Crippen molar-refractivity contribution in [3.8, 4) is 0 Å². The summed E-state index contributed by atoms with van der Waals surface area (Å²) < 4.78 is 2.14. The van der Waals surface area contributed by atoms with Gasteiger partial charge in [0, 0.05) is 12.5 Å². The summed E-state index contributed by atoms with van der Waals surface area (Å²) in [5, 5.41) is 0.758. The lowest BCUT2D eigenvalue weighted by atomic mass is 9.88. The third-order valence-electron chi connectivity index (χ3n) is 3.39. The largest absolute Gasteiger partial charge is 0.330 e. The standard InChI is InChI=1S/C12H20ClN3/c13-11-9-15-12(16(11)8-4-7-14)10-5-2-1-3-6-10/h9-10H,1-8,14H2. The van der Waals surface area contributed by atoms with Crippen LogP contribution in [-0.4, -0.2) is 16.1 Å². The summed E-state index contributed by atoms with van der Waals surface area (Å²) in [7, 11) is 0. The van der Waals surface area contributed by atoms with Crippen molar-refractivity contribution in [2.24, 2.45) is 5.73 Å². The Hall–Kier alpha value is -0.540. The number of nitrogens with two attached hydrogens (primary N) is 1. The van der Waals surface area contributed by atoms with Gasteiger partial charge in [-0.25, -0.2) is 4.98 Å². The third kappa shape index (κ3) is 2.58. The monoisotopic (exact) mass is 241 g/mol. The predicted octanol–water partition coefficient (Wildman–Crippen LogP) is 2.93. The number of nitrogens with zero attached hydrogens (tertiary/aromatic N) is 2. The van der Waals surface area contributed by atoms with Crippen LogP contribution in [0, 0.1) is 0 Å². The summed E-state index contributed by atoms with van der Waals surface area (Å²) in [6.07, 6.45) is 9.29. The number of imidazole rings is 1. The van der Waals surface area contributed by atoms with Gasteiger partial charge in [0.1, 0.15) is 11.0 Å². The molecule has 2 N–H and O–H groups in total. The summed E-state index contributed by atoms with van der Waals surface area (Å²) >= 11 is 6.16. The van der Waals surface area contributed by atoms with E-state index in [1.54, 1.807) is 6.20 Å². The van der Waals surface area contributed by atoms with Gasteiger partial charge in [0.25, 0.3) is 0 Å². The lowest BCUT2D eigenvalue weighted by molar-refractivity contribution is 0.413. The molecule has 0 bridgehead atoms. The summed E-state index contributed by atoms with van der Waals surface area (Å²) in [6.45, 7) is 1.61. The van der Waals surface area contributed by atoms with Crippen LogP contribution in [0.15, 0.2) is 6.20 Å². The van der Waals surface area contributed by atoms with Crippen LogP contribution in [0.25, 0.3) is 0 Å². The molecule has 0 aromatic carbocycles. The first-order chi connectivity index (χ1) is 7.83. The highest BCUT2D eigenvalue weighted by atomic mass is 35.5. The van der Waals surface area contributed by atoms with Crippen molar-refractivity contribution in [1.29, 1.82) is 0 Å². The second-order valence-electron chi connectivity index (χ2n) is 4.57. The number of hydrogen-bond donors (Lipinski definition) is 1. The Labute approximate surface area is 102 Å². The molecule has 1 aromatic rings. The van der Waals surface area contributed by atoms with Crippen LogP contribution in [0.5, 0.6) is 0 Å². The van der Waals surface area contributed by atoms with Crippen molar-refractivity contribution in [3.05, 3.63) is 17.2 Å². The highest BCUT2D eigenvalue weighted by molar-refractivity contribution is 6.29. The second-order valence-corrected chi connectivity index (χ2v) is 4.96. The van der Waals surface area contributed by atoms with Gasteiger partial charge in [-0.15, -0.1) is 0 Å². The number of hydrogen-bond acceptors (Lipinski definition) is 2. The number of aromatic nitrogens is 2. The van der Waals surface area contributed by atoms with Crippen LogP contribution >= 0.6 is 11.6 Å². The molecule has 0 unspecified atom stereocenters. The highest BCUT2D eigenvalue weighted by Crippen LogP contribution is 2.33. The minimum absolute atomic E-state index is 0.610. The van der Waals surface area contributed by atoms with Gasteiger partial charge in [-0.05, 0) is 25.8 Å². The Morgan fingerprint density at radius 2 is 2.12 bits per heavy atom. The SMILES string of the molecule is NCCCn1c(Cl)cnc1C1CCCCC1. The van der Waals surface area contributed by atoms with Gasteiger partial charge in [0.05, 0.1) is 6.20 Å². The molecule has 90 valence electrons. The normalized spacial score (nSPS) is 17.9. The molecule has 0 radical (unpaired) electrons. The van der Waals surface area contributed by atoms with Crippen molar-refractivity contribution < 1.29 is 0 Å². The van der Waals surface area contributed by atoms with E-state index in [0.29, 0.717) is 12.5 Å². The lowest BCUT2D eigenvalue weighted by Crippen LogP contribution is -2.14. The number of halogens is 1. The Morgan fingerprint density at radius 1 is 1.38 bits per heavy atom. The maximum Gasteiger partial charge on any atom is 0.128 e. The summed E-state index contributed by atoms with van der Waals surface area (Å²) in [4.78, 5) is 4.48. The minimum atomic E-state index is 0.610. The zero-order chi connectivity index (χ0) is 11.4. The van der Waals surface area contributed by atoms with Crippen LogP contribution in [0.4, 0.5) is 0 Å². The molecule has 1 saturated carbocycles. The predicted molar refractivity (Wildman–Crippen MR) is 66.7 cm³/mol. The maximum atomic E-state index is 6.16. The molecular weight excluding hydrogens is 222 g/mol. The molecule has 2 rings (SSSR count). The lowest BCUT2D eigenvalue weighted by Gasteiger charge is -2.22. The van der Waals surface area contributed by atoms with Crippen molar-refractivity contribution in [1.82, 2.24) is 9.55 Å². The van der Waals surface area contributed by atoms with Gasteiger partial charge >= 0.3 is 0 Å². The van der Waals surface area contributed by atoms with E-state index in [2.05, 4.69) is 9.55 Å². The fourth-order valence-electron chi connectivity index (χ4n) is 2.53. The molecule has 16 heavy (non-hydrogen) atoms. The van der Waals surface area contributed by atoms with Gasteiger partial charge in [-0.2, -0.15) is 0 Å². The van der Waals surface area contributed by atoms with Crippen LogP contribution < -0.4 is 5.73 Å². The Balaban J connectivity index is 2.12. The first-order valence-electron chi connectivity index (χ1n) is 6.24. The van der Waals surface area contributed by atoms with Gasteiger partial charge < -0.3 is 10.3 Å². The average molecular weight is 242 g/mol. The maximum absolute atomic E-state index is 6.16. The first-order valence-corrected chi connectivity index (χ1v) is 6.61. The van der Waals surface area contributed by atoms with Gasteiger partial charge in [-0.1, -0.05) is 30.9 Å². The van der Waals surface area contributed by atoms with Crippen molar-refractivity contribution in [3.63, 3.8) is 0 Å². The van der Waals surface area contributed by atoms with E-state index < -0.39 is 0 Å². The number of rotatable bonds is 4. The zero-order valence-corrected chi connectivity index (χ0v) is 10.4. The zero-order valence-electron chi connectivity index (χ0n) is 9.66. The fourth-order valence-corrected chi connectivity index (χ4v) is 2.75. The van der Waals surface area contributed by atoms with Gasteiger partial charge in [-0.3, -0.25) is 0 Å². The fraction of sp³-hybridized carbons (Fsp3) is 0.750. The molecule has 1 aliphatic rings. The van der Waals surface area contributed by atoms with E-state index in [4.69, 9.17) is 17.3 Å². The second kappa shape index (κ2) is 5.69. The molecular formula is C12H20ClN3. The van der Waals surface area contributed by atoms with E-state index in [9.17, 15) is 0 Å². The molecule has 0 amide bonds. The molecule has 0 spiro atoms.